The van der Waals surface area contributed by atoms with Gasteiger partial charge < -0.3 is 28.3 Å². The Morgan fingerprint density at radius 3 is 1.52 bits per heavy atom. The highest BCUT2D eigenvalue weighted by Gasteiger charge is 2.47. The van der Waals surface area contributed by atoms with Crippen LogP contribution in [0.4, 0.5) is 51.2 Å². The van der Waals surface area contributed by atoms with E-state index in [1.54, 1.807) is 62.3 Å². The normalized spacial score (nSPS) is 19.7. The molecule has 3 aliphatic heterocycles. The van der Waals surface area contributed by atoms with Gasteiger partial charge in [0, 0.05) is 66.4 Å². The topological polar surface area (TPSA) is 32.7 Å². The first-order valence-corrected chi connectivity index (χ1v) is 27.1. The maximum Gasteiger partial charge on any atom is 0.252 e. The quantitative estimate of drug-likeness (QED) is 0.161. The summed E-state index contributed by atoms with van der Waals surface area (Å²) in [4.78, 5) is 1.99. The van der Waals surface area contributed by atoms with E-state index in [1.165, 1.54) is 0 Å². The Morgan fingerprint density at radius 2 is 0.894 bits per heavy atom. The predicted octanol–water partition coefficient (Wildman–Crippen LogP) is 19.5. The predicted molar refractivity (Wildman–Crippen MR) is 361 cm³/mol. The smallest absolute Gasteiger partial charge is 0.252 e. The van der Waals surface area contributed by atoms with E-state index in [1.807, 2.05) is 0 Å². The molecule has 0 saturated heterocycles. The highest BCUT2D eigenvalue weighted by molar-refractivity contribution is 7.00. The van der Waals surface area contributed by atoms with Crippen molar-refractivity contribution in [2.75, 3.05) is 14.7 Å². The van der Waals surface area contributed by atoms with Crippen molar-refractivity contribution < 1.29 is 55.1 Å². The fraction of sp³-hybridized carbons (Fsp3) is 0.154. The molecule has 3 aromatic heterocycles. The summed E-state index contributed by atoms with van der Waals surface area (Å²) >= 11 is 0. The molecule has 85 heavy (non-hydrogen) atoms. The minimum Gasteiger partial charge on any atom is -0.454 e. The molecule has 0 unspecified atom stereocenters. The highest BCUT2D eigenvalue weighted by Crippen LogP contribution is 2.55. The van der Waals surface area contributed by atoms with Gasteiger partial charge in [-0.15, -0.1) is 0 Å². The summed E-state index contributed by atoms with van der Waals surface area (Å²) in [7, 11) is 0. The van der Waals surface area contributed by atoms with Crippen LogP contribution >= 0.6 is 0 Å². The van der Waals surface area contributed by atoms with Crippen LogP contribution in [0.15, 0.2) is 228 Å². The van der Waals surface area contributed by atoms with E-state index in [4.69, 9.17) is 9.90 Å². The maximum absolute atomic E-state index is 11.5. The molecule has 17 rings (SSSR count). The fourth-order valence-electron chi connectivity index (χ4n) is 11.7. The zero-order chi connectivity index (χ0) is 89.8. The van der Waals surface area contributed by atoms with Gasteiger partial charge in [-0.1, -0.05) is 177 Å². The Bertz CT molecular complexity index is 7230. The summed E-state index contributed by atoms with van der Waals surface area (Å²) < 4.78 is 378. The third kappa shape index (κ3) is 7.13. The van der Waals surface area contributed by atoms with E-state index >= 15 is 0 Å². The molecule has 0 spiro atoms. The van der Waals surface area contributed by atoms with Crippen molar-refractivity contribution in [2.45, 2.75) is 78.6 Å². The van der Waals surface area contributed by atoms with Crippen molar-refractivity contribution in [3.8, 4) is 11.4 Å². The lowest BCUT2D eigenvalue weighted by atomic mass is 9.33. The second-order valence-corrected chi connectivity index (χ2v) is 24.1. The monoisotopic (exact) mass is 1130 g/mol. The zero-order valence-corrected chi connectivity index (χ0v) is 46.7. The number of furan rings is 1. The van der Waals surface area contributed by atoms with Crippen molar-refractivity contribution in [1.82, 2.24) is 9.13 Å². The Labute approximate surface area is 548 Å². The van der Waals surface area contributed by atoms with Crippen LogP contribution in [0.3, 0.4) is 0 Å². The molecule has 0 radical (unpaired) electrons. The molecule has 7 heteroatoms. The van der Waals surface area contributed by atoms with Crippen LogP contribution in [0.25, 0.3) is 76.9 Å². The number of anilines is 9. The van der Waals surface area contributed by atoms with Crippen LogP contribution in [0.2, 0.25) is 0 Å². The van der Waals surface area contributed by atoms with Crippen LogP contribution in [-0.4, -0.2) is 15.8 Å². The molecule has 0 aliphatic carbocycles. The minimum absolute atomic E-state index is 0.0813. The van der Waals surface area contributed by atoms with E-state index in [0.717, 1.165) is 14.0 Å². The summed E-state index contributed by atoms with van der Waals surface area (Å²) in [6, 6.07) is -36.9. The van der Waals surface area contributed by atoms with E-state index in [2.05, 4.69) is 0 Å². The van der Waals surface area contributed by atoms with Gasteiger partial charge >= 0.3 is 0 Å². The van der Waals surface area contributed by atoms with Gasteiger partial charge in [0.1, 0.15) is 5.58 Å². The molecule has 6 heterocycles. The van der Waals surface area contributed by atoms with Gasteiger partial charge in [-0.2, -0.15) is 0 Å². The van der Waals surface area contributed by atoms with E-state index in [-0.39, 0.29) is 32.8 Å². The molecule has 0 bridgehead atoms. The average molecular weight is 1140 g/mol. The molecule has 0 fully saturated rings. The number of aromatic nitrogens is 2. The third-order valence-electron chi connectivity index (χ3n) is 15.7. The first-order valence-electron chi connectivity index (χ1n) is 45.6. The molecule has 3 aliphatic rings. The molecular formula is C78H64BN5O. The molecular weight excluding hydrogens is 1030 g/mol. The largest absolute Gasteiger partial charge is 0.454 e. The van der Waals surface area contributed by atoms with Crippen LogP contribution in [0.5, 0.6) is 0 Å². The molecule has 0 saturated carbocycles. The van der Waals surface area contributed by atoms with Crippen molar-refractivity contribution >= 4 is 140 Å². The van der Waals surface area contributed by atoms with Gasteiger partial charge in [-0.05, 0) is 158 Å². The number of fused-ring (bicyclic) bond motifs is 15. The molecule has 14 aromatic rings. The van der Waals surface area contributed by atoms with Crippen molar-refractivity contribution in [1.29, 1.82) is 0 Å². The molecule has 0 N–H and O–H groups in total. The summed E-state index contributed by atoms with van der Waals surface area (Å²) in [6.07, 6.45) is 0. The van der Waals surface area contributed by atoms with Crippen LogP contribution in [-0.2, 0) is 16.2 Å². The van der Waals surface area contributed by atoms with E-state index in [9.17, 15) is 45.2 Å². The van der Waals surface area contributed by atoms with E-state index in [0.29, 0.717) is 9.80 Å². The average Bonchev–Trinajstić information content (AvgIpc) is 1.24. The van der Waals surface area contributed by atoms with Crippen LogP contribution in [0, 0.1) is 0 Å². The molecule has 11 aromatic carbocycles. The second kappa shape index (κ2) is 17.4. The standard InChI is InChI=1S/C78H64BN5O/c1-76(2,3)47-35-40-64-57(41-47)55-26-18-29-65-73(55)83(64)66-30-20-28-61-74(66)84(65)70-46-53(80(50-21-12-10-13-22-50)51-23-14-11-15-24-51)45-69-72(70)79(61)60-37-36-52(44-68(60)82(69)67-31-19-27-56-54-25-16-17-32-71(54)85-75(56)67)81-62-38-33-48(77(4,5)6)42-58(62)59-43-49(78(7,8)9)34-39-63(59)81/h10-46H,1-9H3/i10D,11D,12D,13D,14D,15D,16D,17D,18D,19D,20D,21D,22D,23D,24D,25D,26D,27D,28D,29D,30D,31D,32D,33D,34D,35D,36D,37D,38D,39D,40D,41D,42D,43D,44D,45D,46D. The van der Waals surface area contributed by atoms with Crippen molar-refractivity contribution in [3.05, 3.63) is 240 Å². The summed E-state index contributed by atoms with van der Waals surface area (Å²) in [5, 5.41) is -2.85. The number of hydrogen-bond acceptors (Lipinski definition) is 4. The Morgan fingerprint density at radius 1 is 0.376 bits per heavy atom. The Kier molecular flexibility index (Phi) is 5.18. The molecule has 0 amide bonds. The SMILES string of the molecule is [2H]c1c([2H])c([2H])c(N(c2c([2H])c([2H])c([2H])c([2H])c2[2H])c2c([2H])c3c4c(c2[2H])N2c5c(c([2H])c([2H])c([2H])c5-n5c6c([2H])c([2H])c(C(C)(C)C)c([2H])c6c6c([2H])c([2H])c([2H])c2c65)B4c2c([2H])c([2H])c(-n4c5c([2H])c([2H])c(C(C)(C)C)c([2H])c5c5c([2H])c(C(C)(C)C)c([2H])c([2H])c54)c([2H])c2N3c2c([2H])c([2H])c([2H])c3c2oc2c([2H])c([2H])c([2H])c([2H])c23)c([2H])c1[2H]. The molecule has 410 valence electrons. The lowest BCUT2D eigenvalue weighted by Crippen LogP contribution is -2.61. The van der Waals surface area contributed by atoms with Gasteiger partial charge in [0.25, 0.3) is 6.71 Å². The second-order valence-electron chi connectivity index (χ2n) is 24.1. The summed E-state index contributed by atoms with van der Waals surface area (Å²) in [5.41, 5.74) is -20.5. The van der Waals surface area contributed by atoms with Crippen molar-refractivity contribution in [2.24, 2.45) is 0 Å². The van der Waals surface area contributed by atoms with Gasteiger partial charge in [0.15, 0.2) is 5.58 Å². The first kappa shape index (κ1) is 25.2. The zero-order valence-electron chi connectivity index (χ0n) is 83.7. The summed E-state index contributed by atoms with van der Waals surface area (Å²) in [6.45, 7) is 12.3. The fourth-order valence-corrected chi connectivity index (χ4v) is 11.7. The number of para-hydroxylation sites is 6. The van der Waals surface area contributed by atoms with Crippen LogP contribution < -0.4 is 31.1 Å². The lowest BCUT2D eigenvalue weighted by molar-refractivity contribution is 0.590. The highest BCUT2D eigenvalue weighted by atomic mass is 16.3. The molecule has 0 atom stereocenters. The van der Waals surface area contributed by atoms with Gasteiger partial charge in [0.2, 0.25) is 0 Å². The Hall–Kier alpha value is -9.72. The minimum atomic E-state index is -2.37. The lowest BCUT2D eigenvalue weighted by Gasteiger charge is -2.46. The van der Waals surface area contributed by atoms with Gasteiger partial charge in [-0.3, -0.25) is 0 Å². The summed E-state index contributed by atoms with van der Waals surface area (Å²) in [5.74, 6) is 0. The number of rotatable bonds is 5. The molecule has 6 nitrogen and oxygen atoms in total. The Balaban J connectivity index is 1.22. The third-order valence-corrected chi connectivity index (χ3v) is 15.7. The van der Waals surface area contributed by atoms with E-state index < -0.39 is 375 Å². The van der Waals surface area contributed by atoms with Crippen molar-refractivity contribution in [3.63, 3.8) is 0 Å². The first-order chi connectivity index (χ1) is 56.5. The van der Waals surface area contributed by atoms with Gasteiger partial charge in [0.05, 0.1) is 101 Å². The number of hydrogen-bond donors (Lipinski definition) is 0. The van der Waals surface area contributed by atoms with Crippen LogP contribution in [0.1, 0.15) is 130 Å². The number of nitrogens with zero attached hydrogens (tertiary/aromatic N) is 5. The number of benzene rings is 11. The maximum atomic E-state index is 11.5. The van der Waals surface area contributed by atoms with Gasteiger partial charge in [-0.25, -0.2) is 0 Å².